The number of ether oxygens (including phenoxy) is 1. The lowest BCUT2D eigenvalue weighted by Gasteiger charge is -2.35. The van der Waals surface area contributed by atoms with Crippen LogP contribution in [0, 0.1) is 5.92 Å². The summed E-state index contributed by atoms with van der Waals surface area (Å²) in [6.45, 7) is 2.08. The van der Waals surface area contributed by atoms with E-state index < -0.39 is 0 Å². The van der Waals surface area contributed by atoms with Crippen molar-refractivity contribution in [2.75, 3.05) is 0 Å². The summed E-state index contributed by atoms with van der Waals surface area (Å²) in [5, 5.41) is 1.33. The minimum Gasteiger partial charge on any atom is -0.371 e. The summed E-state index contributed by atoms with van der Waals surface area (Å²) in [4.78, 5) is 0. The number of rotatable bonds is 3. The highest BCUT2D eigenvalue weighted by Crippen LogP contribution is 2.31. The van der Waals surface area contributed by atoms with E-state index in [2.05, 4.69) is 19.1 Å². The number of nitrogens with zero attached hydrogens (tertiary/aromatic N) is 1. The number of hydrazine groups is 2. The van der Waals surface area contributed by atoms with Crippen molar-refractivity contribution in [3.63, 3.8) is 0 Å². The lowest BCUT2D eigenvalue weighted by atomic mass is 9.99. The van der Waals surface area contributed by atoms with Gasteiger partial charge in [0, 0.05) is 6.04 Å². The van der Waals surface area contributed by atoms with Crippen molar-refractivity contribution in [3.05, 3.63) is 12.2 Å². The van der Waals surface area contributed by atoms with Crippen molar-refractivity contribution in [1.29, 1.82) is 0 Å². The van der Waals surface area contributed by atoms with Crippen LogP contribution in [0.5, 0.6) is 0 Å². The van der Waals surface area contributed by atoms with Crippen LogP contribution in [-0.4, -0.2) is 23.4 Å². The Morgan fingerprint density at radius 1 is 1.20 bits per heavy atom. The summed E-state index contributed by atoms with van der Waals surface area (Å²) in [5.41, 5.74) is 0. The van der Waals surface area contributed by atoms with Gasteiger partial charge in [0.2, 0.25) is 0 Å². The van der Waals surface area contributed by atoms with Gasteiger partial charge in [0.15, 0.2) is 0 Å². The van der Waals surface area contributed by atoms with Gasteiger partial charge in [-0.25, -0.2) is 0 Å². The molecule has 1 aliphatic carbocycles. The molecule has 3 atom stereocenters. The molecule has 0 amide bonds. The number of nitrogens with two attached hydrogens (primary N) is 2. The highest BCUT2D eigenvalue weighted by molar-refractivity contribution is 5.01. The van der Waals surface area contributed by atoms with E-state index in [0.29, 0.717) is 0 Å². The molecule has 1 aliphatic heterocycles. The second-order valence-electron chi connectivity index (χ2n) is 4.78. The van der Waals surface area contributed by atoms with Gasteiger partial charge in [-0.1, -0.05) is 12.2 Å². The Kier molecular flexibility index (Phi) is 3.41. The molecule has 86 valence electrons. The molecule has 1 saturated heterocycles. The van der Waals surface area contributed by atoms with Crippen LogP contribution >= 0.6 is 0 Å². The molecule has 4 N–H and O–H groups in total. The SMILES string of the molecule is CC1CC(N(N)N)CC(/C=C/C2CC2)O1. The highest BCUT2D eigenvalue weighted by atomic mass is 16.5. The number of hydrogen-bond acceptors (Lipinski definition) is 4. The summed E-state index contributed by atoms with van der Waals surface area (Å²) in [7, 11) is 0. The van der Waals surface area contributed by atoms with E-state index >= 15 is 0 Å². The van der Waals surface area contributed by atoms with Gasteiger partial charge in [0.1, 0.15) is 0 Å². The largest absolute Gasteiger partial charge is 0.371 e. The van der Waals surface area contributed by atoms with Crippen LogP contribution in [-0.2, 0) is 4.74 Å². The Labute approximate surface area is 91.2 Å². The second-order valence-corrected chi connectivity index (χ2v) is 4.78. The maximum absolute atomic E-state index is 5.82. The molecule has 0 spiro atoms. The predicted molar refractivity (Wildman–Crippen MR) is 59.4 cm³/mol. The van der Waals surface area contributed by atoms with Gasteiger partial charge in [-0.15, -0.1) is 0 Å². The van der Waals surface area contributed by atoms with Crippen LogP contribution in [0.25, 0.3) is 0 Å². The molecule has 2 aliphatic rings. The lowest BCUT2D eigenvalue weighted by Crippen LogP contribution is -2.51. The van der Waals surface area contributed by atoms with Crippen LogP contribution < -0.4 is 11.7 Å². The average Bonchev–Trinajstić information content (AvgIpc) is 2.97. The first-order valence-corrected chi connectivity index (χ1v) is 5.77. The molecule has 4 nitrogen and oxygen atoms in total. The zero-order chi connectivity index (χ0) is 10.8. The maximum Gasteiger partial charge on any atom is 0.0775 e. The van der Waals surface area contributed by atoms with Gasteiger partial charge in [0.05, 0.1) is 12.2 Å². The molecule has 0 aromatic heterocycles. The standard InChI is InChI=1S/C11H21N3O/c1-8-6-10(14(12)13)7-11(15-8)5-4-9-2-3-9/h4-5,8-11H,2-3,6-7,12-13H2,1H3/b5-4+. The second kappa shape index (κ2) is 4.61. The van der Waals surface area contributed by atoms with E-state index in [1.165, 1.54) is 18.0 Å². The Morgan fingerprint density at radius 3 is 2.53 bits per heavy atom. The molecular weight excluding hydrogens is 190 g/mol. The molecule has 0 bridgehead atoms. The smallest absolute Gasteiger partial charge is 0.0775 e. The first-order chi connectivity index (χ1) is 7.15. The Hall–Kier alpha value is -0.420. The normalized spacial score (nSPS) is 37.7. The summed E-state index contributed by atoms with van der Waals surface area (Å²) >= 11 is 0. The van der Waals surface area contributed by atoms with E-state index in [-0.39, 0.29) is 18.2 Å². The van der Waals surface area contributed by atoms with E-state index in [0.717, 1.165) is 18.8 Å². The fourth-order valence-electron chi connectivity index (χ4n) is 2.09. The van der Waals surface area contributed by atoms with Crippen molar-refractivity contribution in [3.8, 4) is 0 Å². The highest BCUT2D eigenvalue weighted by Gasteiger charge is 2.28. The van der Waals surface area contributed by atoms with Crippen molar-refractivity contribution < 1.29 is 4.74 Å². The Balaban J connectivity index is 1.87. The van der Waals surface area contributed by atoms with Gasteiger partial charge >= 0.3 is 0 Å². The summed E-state index contributed by atoms with van der Waals surface area (Å²) in [6.07, 6.45) is 9.38. The van der Waals surface area contributed by atoms with Gasteiger partial charge in [-0.2, -0.15) is 5.12 Å². The van der Waals surface area contributed by atoms with Gasteiger partial charge in [-0.05, 0) is 38.5 Å². The lowest BCUT2D eigenvalue weighted by molar-refractivity contribution is -0.0534. The fourth-order valence-corrected chi connectivity index (χ4v) is 2.09. The third-order valence-electron chi connectivity index (χ3n) is 3.16. The molecule has 1 saturated carbocycles. The quantitative estimate of drug-likeness (QED) is 0.414. The van der Waals surface area contributed by atoms with E-state index in [9.17, 15) is 0 Å². The van der Waals surface area contributed by atoms with Crippen molar-refractivity contribution in [2.24, 2.45) is 17.6 Å². The van der Waals surface area contributed by atoms with E-state index in [1.54, 1.807) is 0 Å². The Morgan fingerprint density at radius 2 is 1.93 bits per heavy atom. The van der Waals surface area contributed by atoms with Crippen LogP contribution in [0.2, 0.25) is 0 Å². The topological polar surface area (TPSA) is 64.5 Å². The minimum atomic E-state index is 0.189. The molecule has 0 radical (unpaired) electrons. The van der Waals surface area contributed by atoms with Crippen LogP contribution in [0.3, 0.4) is 0 Å². The first-order valence-electron chi connectivity index (χ1n) is 5.77. The molecule has 0 aromatic carbocycles. The molecule has 2 rings (SSSR count). The third kappa shape index (κ3) is 3.28. The summed E-state index contributed by atoms with van der Waals surface area (Å²) in [5.74, 6) is 12.0. The van der Waals surface area contributed by atoms with Gasteiger partial charge < -0.3 is 4.74 Å². The molecule has 3 unspecified atom stereocenters. The molecule has 1 heterocycles. The zero-order valence-corrected chi connectivity index (χ0v) is 9.30. The third-order valence-corrected chi connectivity index (χ3v) is 3.16. The molecule has 0 aromatic rings. The molecular formula is C11H21N3O. The van der Waals surface area contributed by atoms with Crippen molar-refractivity contribution in [2.45, 2.75) is 50.9 Å². The fraction of sp³-hybridized carbons (Fsp3) is 0.818. The molecule has 4 heteroatoms. The van der Waals surface area contributed by atoms with Gasteiger partial charge in [0.25, 0.3) is 0 Å². The number of allylic oxidation sites excluding steroid dienone is 1. The maximum atomic E-state index is 5.82. The van der Waals surface area contributed by atoms with Crippen LogP contribution in [0.15, 0.2) is 12.2 Å². The molecule has 2 fully saturated rings. The van der Waals surface area contributed by atoms with Gasteiger partial charge in [-0.3, -0.25) is 11.7 Å². The Bertz CT molecular complexity index is 238. The molecule has 15 heavy (non-hydrogen) atoms. The zero-order valence-electron chi connectivity index (χ0n) is 9.30. The summed E-state index contributed by atoms with van der Waals surface area (Å²) < 4.78 is 5.82. The first kappa shape index (κ1) is 11.1. The monoisotopic (exact) mass is 211 g/mol. The van der Waals surface area contributed by atoms with Crippen LogP contribution in [0.1, 0.15) is 32.6 Å². The van der Waals surface area contributed by atoms with Crippen molar-refractivity contribution >= 4 is 0 Å². The average molecular weight is 211 g/mol. The minimum absolute atomic E-state index is 0.189. The van der Waals surface area contributed by atoms with E-state index in [4.69, 9.17) is 16.4 Å². The van der Waals surface area contributed by atoms with E-state index in [1.807, 2.05) is 0 Å². The number of hydrogen-bond donors (Lipinski definition) is 2. The van der Waals surface area contributed by atoms with Crippen molar-refractivity contribution in [1.82, 2.24) is 5.12 Å². The predicted octanol–water partition coefficient (Wildman–Crippen LogP) is 0.938. The summed E-state index contributed by atoms with van der Waals surface area (Å²) in [6, 6.07) is 0.239. The van der Waals surface area contributed by atoms with Crippen LogP contribution in [0.4, 0.5) is 0 Å².